The third-order valence-electron chi connectivity index (χ3n) is 2.81. The Hall–Kier alpha value is -2.82. The molecule has 0 aromatic heterocycles. The molecule has 5 heteroatoms. The average Bonchev–Trinajstić information content (AvgIpc) is 2.51. The van der Waals surface area contributed by atoms with Gasteiger partial charge in [-0.25, -0.2) is 0 Å². The molecule has 0 radical (unpaired) electrons. The highest BCUT2D eigenvalue weighted by Gasteiger charge is 2.11. The molecular formula is C17H20N2O3. The van der Waals surface area contributed by atoms with Gasteiger partial charge in [-0.1, -0.05) is 31.5 Å². The molecule has 0 heterocycles. The van der Waals surface area contributed by atoms with Crippen LogP contribution >= 0.6 is 0 Å². The molecule has 22 heavy (non-hydrogen) atoms. The first-order chi connectivity index (χ1) is 10.5. The highest BCUT2D eigenvalue weighted by molar-refractivity contribution is 6.06. The molecule has 5 nitrogen and oxygen atoms in total. The molecule has 0 spiro atoms. The highest BCUT2D eigenvalue weighted by atomic mass is 16.3. The van der Waals surface area contributed by atoms with Crippen LogP contribution in [0.2, 0.25) is 0 Å². The van der Waals surface area contributed by atoms with Crippen molar-refractivity contribution in [1.82, 2.24) is 0 Å². The summed E-state index contributed by atoms with van der Waals surface area (Å²) in [5.41, 5.74) is 6.94. The zero-order valence-electron chi connectivity index (χ0n) is 12.9. The van der Waals surface area contributed by atoms with E-state index in [4.69, 9.17) is 5.73 Å². The summed E-state index contributed by atoms with van der Waals surface area (Å²) < 4.78 is 0. The summed E-state index contributed by atoms with van der Waals surface area (Å²) in [7, 11) is 0. The van der Waals surface area contributed by atoms with Gasteiger partial charge in [-0.15, -0.1) is 0 Å². The first kappa shape index (κ1) is 17.2. The van der Waals surface area contributed by atoms with Crippen LogP contribution in [0.1, 0.15) is 40.1 Å². The van der Waals surface area contributed by atoms with Gasteiger partial charge in [-0.2, -0.15) is 0 Å². The van der Waals surface area contributed by atoms with Crippen LogP contribution in [-0.2, 0) is 0 Å². The number of anilines is 1. The van der Waals surface area contributed by atoms with Gasteiger partial charge in [0.15, 0.2) is 0 Å². The lowest BCUT2D eigenvalue weighted by molar-refractivity contribution is 0.0996. The van der Waals surface area contributed by atoms with Crippen molar-refractivity contribution in [2.24, 2.45) is 5.73 Å². The van der Waals surface area contributed by atoms with Crippen LogP contribution in [0.25, 0.3) is 0 Å². The number of benzene rings is 2. The number of aromatic hydroxyl groups is 1. The van der Waals surface area contributed by atoms with Gasteiger partial charge in [-0.3, -0.25) is 9.59 Å². The minimum absolute atomic E-state index is 0.129. The fourth-order valence-corrected chi connectivity index (χ4v) is 1.77. The van der Waals surface area contributed by atoms with Crippen LogP contribution in [0.15, 0.2) is 42.5 Å². The van der Waals surface area contributed by atoms with Crippen molar-refractivity contribution in [3.8, 4) is 5.75 Å². The highest BCUT2D eigenvalue weighted by Crippen LogP contribution is 2.24. The monoisotopic (exact) mass is 300 g/mol. The zero-order chi connectivity index (χ0) is 16.7. The molecule has 2 rings (SSSR count). The van der Waals surface area contributed by atoms with E-state index in [1.807, 2.05) is 26.8 Å². The van der Waals surface area contributed by atoms with E-state index in [2.05, 4.69) is 5.32 Å². The molecule has 0 aliphatic carbocycles. The van der Waals surface area contributed by atoms with Crippen molar-refractivity contribution in [2.75, 3.05) is 5.32 Å². The van der Waals surface area contributed by atoms with Crippen molar-refractivity contribution in [2.45, 2.75) is 20.8 Å². The Labute approximate surface area is 129 Å². The van der Waals surface area contributed by atoms with Gasteiger partial charge in [0.25, 0.3) is 5.91 Å². The smallest absolute Gasteiger partial charge is 0.255 e. The topological polar surface area (TPSA) is 92.4 Å². The maximum atomic E-state index is 12.1. The molecular weight excluding hydrogens is 280 g/mol. The Kier molecular flexibility index (Phi) is 6.13. The Balaban J connectivity index is 0.00000116. The molecule has 0 aliphatic rings. The van der Waals surface area contributed by atoms with Crippen LogP contribution in [-0.4, -0.2) is 16.9 Å². The quantitative estimate of drug-likeness (QED) is 0.760. The predicted molar refractivity (Wildman–Crippen MR) is 87.1 cm³/mol. The zero-order valence-corrected chi connectivity index (χ0v) is 12.9. The largest absolute Gasteiger partial charge is 0.506 e. The summed E-state index contributed by atoms with van der Waals surface area (Å²) in [6.07, 6.45) is 0. The summed E-state index contributed by atoms with van der Waals surface area (Å²) in [4.78, 5) is 23.2. The van der Waals surface area contributed by atoms with Crippen molar-refractivity contribution in [1.29, 1.82) is 0 Å². The van der Waals surface area contributed by atoms with E-state index < -0.39 is 5.91 Å². The number of amides is 2. The van der Waals surface area contributed by atoms with Gasteiger partial charge >= 0.3 is 0 Å². The van der Waals surface area contributed by atoms with E-state index in [1.165, 1.54) is 18.2 Å². The molecule has 0 atom stereocenters. The number of rotatable bonds is 3. The second kappa shape index (κ2) is 7.83. The number of hydrogen-bond acceptors (Lipinski definition) is 3. The lowest BCUT2D eigenvalue weighted by Crippen LogP contribution is -2.14. The summed E-state index contributed by atoms with van der Waals surface area (Å²) in [5.74, 6) is -1.13. The third kappa shape index (κ3) is 4.34. The van der Waals surface area contributed by atoms with Crippen molar-refractivity contribution in [3.63, 3.8) is 0 Å². The van der Waals surface area contributed by atoms with E-state index in [-0.39, 0.29) is 22.9 Å². The fraction of sp³-hybridized carbons (Fsp3) is 0.176. The Morgan fingerprint density at radius 3 is 2.32 bits per heavy atom. The van der Waals surface area contributed by atoms with Gasteiger partial charge in [0, 0.05) is 11.1 Å². The van der Waals surface area contributed by atoms with E-state index in [0.717, 1.165) is 5.56 Å². The van der Waals surface area contributed by atoms with Gasteiger partial charge in [0.05, 0.1) is 5.69 Å². The maximum Gasteiger partial charge on any atom is 0.255 e. The molecule has 0 bridgehead atoms. The molecule has 2 aromatic carbocycles. The first-order valence-electron chi connectivity index (χ1n) is 6.98. The molecule has 0 fully saturated rings. The summed E-state index contributed by atoms with van der Waals surface area (Å²) in [5, 5.41) is 12.3. The van der Waals surface area contributed by atoms with E-state index >= 15 is 0 Å². The number of nitrogens with two attached hydrogens (primary N) is 1. The Bertz CT molecular complexity index is 681. The third-order valence-corrected chi connectivity index (χ3v) is 2.81. The number of phenolic OH excluding ortho intramolecular Hbond substituents is 1. The molecule has 4 N–H and O–H groups in total. The van der Waals surface area contributed by atoms with Crippen LogP contribution in [0.3, 0.4) is 0 Å². The molecule has 0 unspecified atom stereocenters. The molecule has 2 amide bonds. The van der Waals surface area contributed by atoms with Gasteiger partial charge < -0.3 is 16.2 Å². The fourth-order valence-electron chi connectivity index (χ4n) is 1.77. The lowest BCUT2D eigenvalue weighted by Gasteiger charge is -2.09. The molecule has 116 valence electrons. The van der Waals surface area contributed by atoms with Crippen molar-refractivity contribution in [3.05, 3.63) is 59.2 Å². The van der Waals surface area contributed by atoms with Crippen LogP contribution in [0.4, 0.5) is 5.69 Å². The number of phenols is 1. The lowest BCUT2D eigenvalue weighted by atomic mass is 10.1. The number of aryl methyl sites for hydroxylation is 1. The Morgan fingerprint density at radius 2 is 1.73 bits per heavy atom. The second-order valence-electron chi connectivity index (χ2n) is 4.42. The maximum absolute atomic E-state index is 12.1. The van der Waals surface area contributed by atoms with Gasteiger partial charge in [0.1, 0.15) is 5.75 Å². The van der Waals surface area contributed by atoms with E-state index in [0.29, 0.717) is 5.56 Å². The van der Waals surface area contributed by atoms with Crippen LogP contribution < -0.4 is 11.1 Å². The van der Waals surface area contributed by atoms with Crippen LogP contribution in [0.5, 0.6) is 5.75 Å². The summed E-state index contributed by atoms with van der Waals surface area (Å²) >= 11 is 0. The number of nitrogens with one attached hydrogen (secondary N) is 1. The van der Waals surface area contributed by atoms with E-state index in [1.54, 1.807) is 18.2 Å². The summed E-state index contributed by atoms with van der Waals surface area (Å²) in [6.45, 7) is 5.88. The number of carbonyl (C=O) groups excluding carboxylic acids is 2. The standard InChI is InChI=1S/C15H14N2O3.C2H6/c1-9-3-2-4-11(7-9)15(20)17-12-8-10(14(16)19)5-6-13(12)18;1-2/h2-8,18H,1H3,(H2,16,19)(H,17,20);1-2H3. The van der Waals surface area contributed by atoms with Crippen LogP contribution in [0, 0.1) is 6.92 Å². The Morgan fingerprint density at radius 1 is 1.05 bits per heavy atom. The number of primary amides is 1. The second-order valence-corrected chi connectivity index (χ2v) is 4.42. The summed E-state index contributed by atoms with van der Waals surface area (Å²) in [6, 6.07) is 11.1. The van der Waals surface area contributed by atoms with Gasteiger partial charge in [0.2, 0.25) is 5.91 Å². The minimum Gasteiger partial charge on any atom is -0.506 e. The number of hydrogen-bond donors (Lipinski definition) is 3. The van der Waals surface area contributed by atoms with Crippen molar-refractivity contribution >= 4 is 17.5 Å². The van der Waals surface area contributed by atoms with Crippen molar-refractivity contribution < 1.29 is 14.7 Å². The molecule has 0 saturated carbocycles. The number of carbonyl (C=O) groups is 2. The minimum atomic E-state index is -0.629. The molecule has 0 saturated heterocycles. The normalized spacial score (nSPS) is 9.41. The first-order valence-corrected chi connectivity index (χ1v) is 6.98. The molecule has 2 aromatic rings. The van der Waals surface area contributed by atoms with E-state index in [9.17, 15) is 14.7 Å². The van der Waals surface area contributed by atoms with Gasteiger partial charge in [-0.05, 0) is 37.3 Å². The molecule has 0 aliphatic heterocycles. The predicted octanol–water partition coefficient (Wildman–Crippen LogP) is 3.08. The SMILES string of the molecule is CC.Cc1cccc(C(=O)Nc2cc(C(N)=O)ccc2O)c1. The average molecular weight is 300 g/mol.